The van der Waals surface area contributed by atoms with Gasteiger partial charge in [0.1, 0.15) is 0 Å². The fraction of sp³-hybridized carbons (Fsp3) is 0.238. The van der Waals surface area contributed by atoms with E-state index in [1.807, 2.05) is 43.3 Å². The Labute approximate surface area is 161 Å². The van der Waals surface area contributed by atoms with E-state index in [0.717, 1.165) is 35.2 Å². The summed E-state index contributed by atoms with van der Waals surface area (Å²) >= 11 is 6.15. The number of carbonyl (C=O) groups is 2. The number of halogens is 1. The number of benzene rings is 2. The highest BCUT2D eigenvalue weighted by atomic mass is 35.5. The van der Waals surface area contributed by atoms with E-state index < -0.39 is 0 Å². The summed E-state index contributed by atoms with van der Waals surface area (Å²) in [4.78, 5) is 26.3. The van der Waals surface area contributed by atoms with Crippen molar-refractivity contribution in [3.05, 3.63) is 64.4 Å². The minimum absolute atomic E-state index is 0.144. The monoisotopic (exact) mass is 382 g/mol. The number of nitrogens with zero attached hydrogens (tertiary/aromatic N) is 1. The van der Waals surface area contributed by atoms with Crippen LogP contribution in [0.25, 0.3) is 11.0 Å². The second kappa shape index (κ2) is 7.08. The Balaban J connectivity index is 1.51. The maximum absolute atomic E-state index is 12.6. The molecular formula is C21H19ClN2O3. The Hall–Kier alpha value is -2.79. The summed E-state index contributed by atoms with van der Waals surface area (Å²) in [6, 6.07) is 13.1. The normalized spacial score (nSPS) is 14.1. The number of hydrogen-bond donors (Lipinski definition) is 1. The van der Waals surface area contributed by atoms with E-state index in [9.17, 15) is 9.59 Å². The van der Waals surface area contributed by atoms with Gasteiger partial charge in [0.15, 0.2) is 11.3 Å². The van der Waals surface area contributed by atoms with Crippen molar-refractivity contribution >= 4 is 40.1 Å². The molecule has 138 valence electrons. The molecule has 6 heteroatoms. The second-order valence-electron chi connectivity index (χ2n) is 6.67. The van der Waals surface area contributed by atoms with Gasteiger partial charge in [-0.15, -0.1) is 0 Å². The number of fused-ring (bicyclic) bond motifs is 1. The zero-order valence-corrected chi connectivity index (χ0v) is 15.7. The molecule has 2 amide bonds. The molecule has 2 aromatic carbocycles. The molecule has 3 aromatic rings. The van der Waals surface area contributed by atoms with Crippen LogP contribution in [-0.2, 0) is 11.3 Å². The molecule has 1 aliphatic rings. The zero-order valence-electron chi connectivity index (χ0n) is 14.9. The van der Waals surface area contributed by atoms with Gasteiger partial charge in [0.2, 0.25) is 5.91 Å². The third-order valence-corrected chi connectivity index (χ3v) is 5.17. The molecule has 1 fully saturated rings. The number of rotatable bonds is 4. The zero-order chi connectivity index (χ0) is 19.0. The first-order chi connectivity index (χ1) is 13.0. The van der Waals surface area contributed by atoms with Crippen LogP contribution in [-0.4, -0.2) is 18.4 Å². The first kappa shape index (κ1) is 17.6. The predicted molar refractivity (Wildman–Crippen MR) is 105 cm³/mol. The number of amides is 2. The summed E-state index contributed by atoms with van der Waals surface area (Å²) in [5, 5.41) is 4.21. The molecule has 0 spiro atoms. The van der Waals surface area contributed by atoms with Crippen LogP contribution in [0.2, 0.25) is 5.02 Å². The fourth-order valence-corrected chi connectivity index (χ4v) is 3.66. The van der Waals surface area contributed by atoms with Crippen molar-refractivity contribution in [2.75, 3.05) is 11.4 Å². The predicted octanol–water partition coefficient (Wildman–Crippen LogP) is 4.45. The molecule has 0 unspecified atom stereocenters. The van der Waals surface area contributed by atoms with Gasteiger partial charge in [-0.1, -0.05) is 35.9 Å². The molecule has 1 aliphatic heterocycles. The highest BCUT2D eigenvalue weighted by molar-refractivity contribution is 6.35. The Morgan fingerprint density at radius 2 is 2.07 bits per heavy atom. The summed E-state index contributed by atoms with van der Waals surface area (Å²) < 4.78 is 5.70. The van der Waals surface area contributed by atoms with E-state index in [1.54, 1.807) is 11.0 Å². The summed E-state index contributed by atoms with van der Waals surface area (Å²) in [5.74, 6) is 0.123. The Morgan fingerprint density at radius 1 is 1.26 bits per heavy atom. The summed E-state index contributed by atoms with van der Waals surface area (Å²) in [6.07, 6.45) is 1.47. The van der Waals surface area contributed by atoms with E-state index in [2.05, 4.69) is 5.32 Å². The minimum atomic E-state index is -0.289. The Kier molecular flexibility index (Phi) is 4.62. The molecule has 4 rings (SSSR count). The van der Waals surface area contributed by atoms with Crippen LogP contribution < -0.4 is 10.2 Å². The van der Waals surface area contributed by atoms with Crippen molar-refractivity contribution in [2.24, 2.45) is 0 Å². The van der Waals surface area contributed by atoms with E-state index in [1.165, 1.54) is 0 Å². The fourth-order valence-electron chi connectivity index (χ4n) is 3.44. The van der Waals surface area contributed by atoms with Crippen LogP contribution in [0.1, 0.15) is 34.5 Å². The van der Waals surface area contributed by atoms with E-state index in [-0.39, 0.29) is 17.6 Å². The standard InChI is InChI=1S/C21H19ClN2O3/c1-13-16-7-3-8-17(22)20(16)27-19(13)21(26)23-12-14-5-2-6-15(11-14)24-10-4-9-18(24)25/h2-3,5-8,11H,4,9-10,12H2,1H3,(H,23,26). The van der Waals surface area contributed by atoms with E-state index in [4.69, 9.17) is 16.0 Å². The lowest BCUT2D eigenvalue weighted by molar-refractivity contribution is -0.117. The average molecular weight is 383 g/mol. The van der Waals surface area contributed by atoms with Crippen molar-refractivity contribution in [1.82, 2.24) is 5.32 Å². The minimum Gasteiger partial charge on any atom is -0.449 e. The number of aryl methyl sites for hydroxylation is 1. The molecule has 0 radical (unpaired) electrons. The van der Waals surface area contributed by atoms with Crippen molar-refractivity contribution in [1.29, 1.82) is 0 Å². The van der Waals surface area contributed by atoms with Gasteiger partial charge in [-0.25, -0.2) is 0 Å². The SMILES string of the molecule is Cc1c(C(=O)NCc2cccc(N3CCCC3=O)c2)oc2c(Cl)cccc12. The summed E-state index contributed by atoms with van der Waals surface area (Å²) in [5.41, 5.74) is 3.08. The maximum Gasteiger partial charge on any atom is 0.287 e. The molecule has 27 heavy (non-hydrogen) atoms. The van der Waals surface area contributed by atoms with Gasteiger partial charge in [-0.2, -0.15) is 0 Å². The average Bonchev–Trinajstić information content (AvgIpc) is 3.25. The molecule has 0 bridgehead atoms. The lowest BCUT2D eigenvalue weighted by Gasteiger charge is -2.16. The van der Waals surface area contributed by atoms with Crippen molar-refractivity contribution < 1.29 is 14.0 Å². The third kappa shape index (κ3) is 3.30. The van der Waals surface area contributed by atoms with Crippen molar-refractivity contribution in [3.63, 3.8) is 0 Å². The number of para-hydroxylation sites is 1. The first-order valence-electron chi connectivity index (χ1n) is 8.89. The second-order valence-corrected chi connectivity index (χ2v) is 7.08. The highest BCUT2D eigenvalue weighted by Gasteiger charge is 2.22. The Morgan fingerprint density at radius 3 is 2.81 bits per heavy atom. The van der Waals surface area contributed by atoms with Gasteiger partial charge in [0, 0.05) is 36.1 Å². The molecule has 1 aromatic heterocycles. The largest absolute Gasteiger partial charge is 0.449 e. The molecule has 0 aliphatic carbocycles. The number of carbonyl (C=O) groups excluding carboxylic acids is 2. The number of anilines is 1. The topological polar surface area (TPSA) is 62.6 Å². The van der Waals surface area contributed by atoms with Crippen LogP contribution in [0.4, 0.5) is 5.69 Å². The van der Waals surface area contributed by atoms with E-state index >= 15 is 0 Å². The molecule has 5 nitrogen and oxygen atoms in total. The lowest BCUT2D eigenvalue weighted by atomic mass is 10.1. The van der Waals surface area contributed by atoms with Gasteiger partial charge in [0.05, 0.1) is 5.02 Å². The molecule has 1 saturated heterocycles. The first-order valence-corrected chi connectivity index (χ1v) is 9.27. The van der Waals surface area contributed by atoms with Gasteiger partial charge in [-0.3, -0.25) is 9.59 Å². The maximum atomic E-state index is 12.6. The molecule has 0 saturated carbocycles. The molecular weight excluding hydrogens is 364 g/mol. The third-order valence-electron chi connectivity index (χ3n) is 4.87. The molecule has 2 heterocycles. The van der Waals surface area contributed by atoms with Gasteiger partial charge in [0.25, 0.3) is 5.91 Å². The number of furan rings is 1. The van der Waals surface area contributed by atoms with Gasteiger partial charge < -0.3 is 14.6 Å². The van der Waals surface area contributed by atoms with E-state index in [0.29, 0.717) is 23.6 Å². The van der Waals surface area contributed by atoms with Crippen LogP contribution >= 0.6 is 11.6 Å². The van der Waals surface area contributed by atoms with Crippen LogP contribution in [0.15, 0.2) is 46.9 Å². The highest BCUT2D eigenvalue weighted by Crippen LogP contribution is 2.30. The van der Waals surface area contributed by atoms with Gasteiger partial charge in [-0.05, 0) is 37.1 Å². The Bertz CT molecular complexity index is 1040. The van der Waals surface area contributed by atoms with Crippen molar-refractivity contribution in [2.45, 2.75) is 26.3 Å². The van der Waals surface area contributed by atoms with Crippen LogP contribution in [0.5, 0.6) is 0 Å². The summed E-state index contributed by atoms with van der Waals surface area (Å²) in [7, 11) is 0. The smallest absolute Gasteiger partial charge is 0.287 e. The number of hydrogen-bond acceptors (Lipinski definition) is 3. The van der Waals surface area contributed by atoms with Crippen LogP contribution in [0, 0.1) is 6.92 Å². The quantitative estimate of drug-likeness (QED) is 0.725. The number of nitrogens with one attached hydrogen (secondary N) is 1. The van der Waals surface area contributed by atoms with Crippen molar-refractivity contribution in [3.8, 4) is 0 Å². The lowest BCUT2D eigenvalue weighted by Crippen LogP contribution is -2.25. The van der Waals surface area contributed by atoms with Gasteiger partial charge >= 0.3 is 0 Å². The molecule has 0 atom stereocenters. The summed E-state index contributed by atoms with van der Waals surface area (Å²) in [6.45, 7) is 2.93. The molecule has 1 N–H and O–H groups in total. The van der Waals surface area contributed by atoms with Crippen LogP contribution in [0.3, 0.4) is 0 Å².